The summed E-state index contributed by atoms with van der Waals surface area (Å²) in [4.78, 5) is 24.6. The average molecular weight is 421 g/mol. The highest BCUT2D eigenvalue weighted by Crippen LogP contribution is 2.31. The summed E-state index contributed by atoms with van der Waals surface area (Å²) in [7, 11) is 0. The van der Waals surface area contributed by atoms with Gasteiger partial charge in [-0.2, -0.15) is 0 Å². The highest BCUT2D eigenvalue weighted by atomic mass is 79.9. The summed E-state index contributed by atoms with van der Waals surface area (Å²) in [6, 6.07) is 5.44. The van der Waals surface area contributed by atoms with E-state index in [9.17, 15) is 9.59 Å². The van der Waals surface area contributed by atoms with Crippen LogP contribution >= 0.6 is 31.9 Å². The molecule has 0 aliphatic rings. The Labute approximate surface area is 141 Å². The van der Waals surface area contributed by atoms with Gasteiger partial charge >= 0.3 is 5.97 Å². The quantitative estimate of drug-likeness (QED) is 0.580. The topological polar surface area (TPSA) is 55.4 Å². The number of hydrogen-bond acceptors (Lipinski definition) is 3. The van der Waals surface area contributed by atoms with Crippen LogP contribution in [0.3, 0.4) is 0 Å². The zero-order valence-corrected chi connectivity index (χ0v) is 15.7. The van der Waals surface area contributed by atoms with Crippen molar-refractivity contribution in [2.45, 2.75) is 27.7 Å². The normalized spacial score (nSPS) is 12.7. The fourth-order valence-electron chi connectivity index (χ4n) is 1.88. The molecule has 1 aromatic rings. The largest absolute Gasteiger partial charge is 0.465 e. The van der Waals surface area contributed by atoms with Gasteiger partial charge in [-0.15, -0.1) is 0 Å². The zero-order chi connectivity index (χ0) is 16.2. The third-order valence-corrected chi connectivity index (χ3v) is 4.02. The molecule has 0 saturated carbocycles. The number of amides is 1. The minimum Gasteiger partial charge on any atom is -0.465 e. The third-order valence-electron chi connectivity index (χ3n) is 2.84. The molecular weight excluding hydrogens is 402 g/mol. The lowest BCUT2D eigenvalue weighted by atomic mass is 9.80. The van der Waals surface area contributed by atoms with Gasteiger partial charge in [0, 0.05) is 8.95 Å². The van der Waals surface area contributed by atoms with E-state index >= 15 is 0 Å². The second-order valence-electron chi connectivity index (χ2n) is 5.66. The fraction of sp³-hybridized carbons (Fsp3) is 0.467. The SMILES string of the molecule is CCOC(=O)C(C(=O)Nc1cc(Br)ccc1Br)C(C)(C)C. The average Bonchev–Trinajstić information content (AvgIpc) is 2.32. The van der Waals surface area contributed by atoms with E-state index in [4.69, 9.17) is 4.74 Å². The molecule has 0 aromatic heterocycles. The summed E-state index contributed by atoms with van der Waals surface area (Å²) in [6.07, 6.45) is 0. The number of hydrogen-bond donors (Lipinski definition) is 1. The Morgan fingerprint density at radius 2 is 1.90 bits per heavy atom. The zero-order valence-electron chi connectivity index (χ0n) is 12.5. The number of ether oxygens (including phenoxy) is 1. The third kappa shape index (κ3) is 5.11. The van der Waals surface area contributed by atoms with Crippen LogP contribution in [0, 0.1) is 11.3 Å². The summed E-state index contributed by atoms with van der Waals surface area (Å²) in [5, 5.41) is 2.78. The molecule has 1 aromatic carbocycles. The number of carbonyl (C=O) groups is 2. The van der Waals surface area contributed by atoms with Crippen LogP contribution in [0.15, 0.2) is 27.1 Å². The van der Waals surface area contributed by atoms with E-state index in [1.807, 2.05) is 32.9 Å². The highest BCUT2D eigenvalue weighted by Gasteiger charge is 2.39. The van der Waals surface area contributed by atoms with Gasteiger partial charge in [0.05, 0.1) is 12.3 Å². The van der Waals surface area contributed by atoms with Crippen LogP contribution in [-0.4, -0.2) is 18.5 Å². The maximum Gasteiger partial charge on any atom is 0.319 e. The van der Waals surface area contributed by atoms with Gasteiger partial charge in [-0.25, -0.2) is 0 Å². The van der Waals surface area contributed by atoms with E-state index in [0.29, 0.717) is 5.69 Å². The van der Waals surface area contributed by atoms with Crippen molar-refractivity contribution < 1.29 is 14.3 Å². The minimum atomic E-state index is -0.872. The number of esters is 1. The van der Waals surface area contributed by atoms with Gasteiger partial charge in [-0.3, -0.25) is 9.59 Å². The first-order valence-electron chi connectivity index (χ1n) is 6.59. The van der Waals surface area contributed by atoms with Crippen LogP contribution in [0.5, 0.6) is 0 Å². The number of anilines is 1. The molecule has 0 radical (unpaired) electrons. The molecule has 116 valence electrons. The van der Waals surface area contributed by atoms with Crippen LogP contribution in [0.25, 0.3) is 0 Å². The predicted molar refractivity (Wildman–Crippen MR) is 90.0 cm³/mol. The van der Waals surface area contributed by atoms with Crippen LogP contribution < -0.4 is 5.32 Å². The molecule has 0 aliphatic carbocycles. The van der Waals surface area contributed by atoms with Gasteiger partial charge in [0.15, 0.2) is 0 Å². The second-order valence-corrected chi connectivity index (χ2v) is 7.43. The maximum absolute atomic E-state index is 12.5. The van der Waals surface area contributed by atoms with E-state index in [2.05, 4.69) is 37.2 Å². The molecule has 1 N–H and O–H groups in total. The standard InChI is InChI=1S/C15H19Br2NO3/c1-5-21-14(20)12(15(2,3)4)13(19)18-11-8-9(16)6-7-10(11)17/h6-8,12H,5H2,1-4H3,(H,18,19). The Morgan fingerprint density at radius 3 is 2.43 bits per heavy atom. The minimum absolute atomic E-state index is 0.249. The maximum atomic E-state index is 12.5. The van der Waals surface area contributed by atoms with Crippen molar-refractivity contribution in [3.63, 3.8) is 0 Å². The molecule has 1 unspecified atom stereocenters. The monoisotopic (exact) mass is 419 g/mol. The Hall–Kier alpha value is -0.880. The first kappa shape index (κ1) is 18.2. The van der Waals surface area contributed by atoms with Crippen molar-refractivity contribution in [1.82, 2.24) is 0 Å². The lowest BCUT2D eigenvalue weighted by Gasteiger charge is -2.27. The van der Waals surface area contributed by atoms with Crippen molar-refractivity contribution in [2.24, 2.45) is 11.3 Å². The number of nitrogens with one attached hydrogen (secondary N) is 1. The molecule has 21 heavy (non-hydrogen) atoms. The van der Waals surface area contributed by atoms with Gasteiger partial charge in [0.2, 0.25) is 5.91 Å². The second kappa shape index (κ2) is 7.40. The van der Waals surface area contributed by atoms with Crippen LogP contribution in [0.4, 0.5) is 5.69 Å². The molecular formula is C15H19Br2NO3. The first-order chi connectivity index (χ1) is 9.66. The summed E-state index contributed by atoms with van der Waals surface area (Å²) in [6.45, 7) is 7.48. The molecule has 1 atom stereocenters. The highest BCUT2D eigenvalue weighted by molar-refractivity contribution is 9.11. The van der Waals surface area contributed by atoms with Gasteiger partial charge in [-0.05, 0) is 46.5 Å². The molecule has 0 bridgehead atoms. The molecule has 0 fully saturated rings. The van der Waals surface area contributed by atoms with Crippen molar-refractivity contribution in [3.05, 3.63) is 27.1 Å². The van der Waals surface area contributed by atoms with Crippen molar-refractivity contribution >= 4 is 49.4 Å². The summed E-state index contributed by atoms with van der Waals surface area (Å²) in [5.74, 6) is -1.75. The first-order valence-corrected chi connectivity index (χ1v) is 8.18. The van der Waals surface area contributed by atoms with Crippen LogP contribution in [0.1, 0.15) is 27.7 Å². The molecule has 4 nitrogen and oxygen atoms in total. The molecule has 1 rings (SSSR count). The summed E-state index contributed by atoms with van der Waals surface area (Å²) in [5.41, 5.74) is 0.0716. The Morgan fingerprint density at radius 1 is 1.29 bits per heavy atom. The molecule has 1 amide bonds. The van der Waals surface area contributed by atoms with Crippen LogP contribution in [-0.2, 0) is 14.3 Å². The van der Waals surface area contributed by atoms with E-state index in [-0.39, 0.29) is 12.5 Å². The van der Waals surface area contributed by atoms with Crippen LogP contribution in [0.2, 0.25) is 0 Å². The molecule has 0 spiro atoms. The van der Waals surface area contributed by atoms with Crippen molar-refractivity contribution in [2.75, 3.05) is 11.9 Å². The summed E-state index contributed by atoms with van der Waals surface area (Å²) < 4.78 is 6.61. The number of benzene rings is 1. The van der Waals surface area contributed by atoms with Gasteiger partial charge < -0.3 is 10.1 Å². The lowest BCUT2D eigenvalue weighted by Crippen LogP contribution is -2.40. The van der Waals surface area contributed by atoms with Crippen molar-refractivity contribution in [3.8, 4) is 0 Å². The molecule has 0 saturated heterocycles. The van der Waals surface area contributed by atoms with Gasteiger partial charge in [-0.1, -0.05) is 36.7 Å². The molecule has 0 aliphatic heterocycles. The fourth-order valence-corrected chi connectivity index (χ4v) is 2.58. The van der Waals surface area contributed by atoms with E-state index in [0.717, 1.165) is 8.95 Å². The predicted octanol–water partition coefficient (Wildman–Crippen LogP) is 4.38. The van der Waals surface area contributed by atoms with E-state index in [1.54, 1.807) is 13.0 Å². The number of carbonyl (C=O) groups excluding carboxylic acids is 2. The van der Waals surface area contributed by atoms with Gasteiger partial charge in [0.1, 0.15) is 5.92 Å². The lowest BCUT2D eigenvalue weighted by molar-refractivity contribution is -0.155. The Bertz CT molecular complexity index is 538. The molecule has 6 heteroatoms. The Kier molecular flexibility index (Phi) is 6.41. The smallest absolute Gasteiger partial charge is 0.319 e. The Balaban J connectivity index is 3.01. The van der Waals surface area contributed by atoms with Crippen molar-refractivity contribution in [1.29, 1.82) is 0 Å². The number of rotatable bonds is 4. The van der Waals surface area contributed by atoms with E-state index in [1.165, 1.54) is 0 Å². The number of halogens is 2. The summed E-state index contributed by atoms with van der Waals surface area (Å²) >= 11 is 6.73. The molecule has 0 heterocycles. The van der Waals surface area contributed by atoms with E-state index < -0.39 is 17.3 Å². The van der Waals surface area contributed by atoms with Gasteiger partial charge in [0.25, 0.3) is 0 Å².